The quantitative estimate of drug-likeness (QED) is 0.785. The molecule has 0 unspecified atom stereocenters. The van der Waals surface area contributed by atoms with Crippen LogP contribution in [0.2, 0.25) is 0 Å². The second-order valence-corrected chi connectivity index (χ2v) is 6.56. The molecule has 0 N–H and O–H groups in total. The highest BCUT2D eigenvalue weighted by atomic mass is 32.1. The largest absolute Gasteiger partial charge is 0.497 e. The predicted octanol–water partition coefficient (Wildman–Crippen LogP) is 4.86. The van der Waals surface area contributed by atoms with Crippen molar-refractivity contribution in [1.82, 2.24) is 0 Å². The molecule has 1 aliphatic heterocycles. The molecular weight excluding hydrogens is 268 g/mol. The lowest BCUT2D eigenvalue weighted by atomic mass is 9.89. The number of rotatable bonds is 2. The van der Waals surface area contributed by atoms with E-state index in [0.717, 1.165) is 17.9 Å². The molecule has 0 radical (unpaired) electrons. The van der Waals surface area contributed by atoms with E-state index in [2.05, 4.69) is 43.5 Å². The van der Waals surface area contributed by atoms with Crippen LogP contribution in [0.3, 0.4) is 0 Å². The smallest absolute Gasteiger partial charge is 0.131 e. The lowest BCUT2D eigenvalue weighted by molar-refractivity contribution is 0.107. The lowest BCUT2D eigenvalue weighted by Crippen LogP contribution is -2.32. The predicted molar refractivity (Wildman–Crippen MR) is 84.5 cm³/mol. The van der Waals surface area contributed by atoms with Crippen LogP contribution in [0.1, 0.15) is 30.7 Å². The molecule has 1 aromatic carbocycles. The van der Waals surface area contributed by atoms with Crippen LogP contribution in [0, 0.1) is 0 Å². The summed E-state index contributed by atoms with van der Waals surface area (Å²) in [5.74, 6) is 1.74. The minimum absolute atomic E-state index is 0.192. The van der Waals surface area contributed by atoms with E-state index >= 15 is 0 Å². The van der Waals surface area contributed by atoms with Crippen molar-refractivity contribution in [3.05, 3.63) is 46.2 Å². The molecule has 0 amide bonds. The second-order valence-electron chi connectivity index (χ2n) is 5.59. The van der Waals surface area contributed by atoms with Crippen molar-refractivity contribution in [1.29, 1.82) is 0 Å². The molecule has 3 rings (SSSR count). The molecule has 0 bridgehead atoms. The zero-order valence-electron chi connectivity index (χ0n) is 12.0. The van der Waals surface area contributed by atoms with Crippen molar-refractivity contribution in [3.63, 3.8) is 0 Å². The van der Waals surface area contributed by atoms with Gasteiger partial charge in [-0.15, -0.1) is 11.3 Å². The summed E-state index contributed by atoms with van der Waals surface area (Å²) < 4.78 is 11.4. The third kappa shape index (κ3) is 2.59. The normalized spacial score (nSPS) is 18.4. The molecule has 0 atom stereocenters. The van der Waals surface area contributed by atoms with Gasteiger partial charge in [-0.05, 0) is 49.1 Å². The van der Waals surface area contributed by atoms with Crippen molar-refractivity contribution < 1.29 is 9.47 Å². The molecular formula is C17H18O2S. The third-order valence-corrected chi connectivity index (χ3v) is 4.22. The molecule has 2 heterocycles. The summed E-state index contributed by atoms with van der Waals surface area (Å²) in [5.41, 5.74) is 2.29. The summed E-state index contributed by atoms with van der Waals surface area (Å²) in [6.07, 6.45) is 3.17. The van der Waals surface area contributed by atoms with Crippen molar-refractivity contribution in [2.45, 2.75) is 25.9 Å². The van der Waals surface area contributed by atoms with Crippen LogP contribution < -0.4 is 9.47 Å². The van der Waals surface area contributed by atoms with E-state index in [1.54, 1.807) is 18.4 Å². The topological polar surface area (TPSA) is 18.5 Å². The number of hydrogen-bond acceptors (Lipinski definition) is 3. The number of methoxy groups -OCH3 is 1. The maximum atomic E-state index is 6.09. The van der Waals surface area contributed by atoms with Gasteiger partial charge in [0.05, 0.1) is 7.11 Å². The van der Waals surface area contributed by atoms with Crippen LogP contribution in [0.25, 0.3) is 11.6 Å². The van der Waals surface area contributed by atoms with Crippen LogP contribution in [0.5, 0.6) is 11.5 Å². The van der Waals surface area contributed by atoms with E-state index in [1.165, 1.54) is 16.0 Å². The highest BCUT2D eigenvalue weighted by molar-refractivity contribution is 7.10. The Labute approximate surface area is 123 Å². The first-order chi connectivity index (χ1) is 9.57. The Morgan fingerprint density at radius 1 is 1.30 bits per heavy atom. The molecule has 20 heavy (non-hydrogen) atoms. The minimum Gasteiger partial charge on any atom is -0.497 e. The molecule has 104 valence electrons. The number of benzene rings is 1. The van der Waals surface area contributed by atoms with E-state index in [1.807, 2.05) is 12.1 Å². The summed E-state index contributed by atoms with van der Waals surface area (Å²) in [6, 6.07) is 10.3. The van der Waals surface area contributed by atoms with Crippen LogP contribution in [0.4, 0.5) is 0 Å². The summed E-state index contributed by atoms with van der Waals surface area (Å²) in [6.45, 7) is 4.25. The van der Waals surface area contributed by atoms with Gasteiger partial charge in [-0.1, -0.05) is 6.07 Å². The zero-order valence-corrected chi connectivity index (χ0v) is 12.8. The van der Waals surface area contributed by atoms with Gasteiger partial charge < -0.3 is 9.47 Å². The van der Waals surface area contributed by atoms with E-state index in [4.69, 9.17) is 9.47 Å². The van der Waals surface area contributed by atoms with Gasteiger partial charge in [-0.3, -0.25) is 0 Å². The van der Waals surface area contributed by atoms with Gasteiger partial charge >= 0.3 is 0 Å². The Bertz CT molecular complexity index is 639. The van der Waals surface area contributed by atoms with Crippen LogP contribution >= 0.6 is 11.3 Å². The average molecular weight is 286 g/mol. The van der Waals surface area contributed by atoms with E-state index in [0.29, 0.717) is 0 Å². The molecule has 0 spiro atoms. The third-order valence-electron chi connectivity index (χ3n) is 3.40. The summed E-state index contributed by atoms with van der Waals surface area (Å²) >= 11 is 1.76. The summed E-state index contributed by atoms with van der Waals surface area (Å²) in [5, 5.41) is 2.10. The summed E-state index contributed by atoms with van der Waals surface area (Å²) in [4.78, 5) is 1.28. The van der Waals surface area contributed by atoms with E-state index in [9.17, 15) is 0 Å². The van der Waals surface area contributed by atoms with E-state index < -0.39 is 0 Å². The Morgan fingerprint density at radius 2 is 2.15 bits per heavy atom. The second kappa shape index (κ2) is 4.98. The molecule has 3 heteroatoms. The van der Waals surface area contributed by atoms with Crippen molar-refractivity contribution in [2.24, 2.45) is 0 Å². The van der Waals surface area contributed by atoms with Crippen LogP contribution in [-0.2, 0) is 0 Å². The number of ether oxygens (including phenoxy) is 2. The number of fused-ring (bicyclic) bond motifs is 1. The Morgan fingerprint density at radius 3 is 2.85 bits per heavy atom. The van der Waals surface area contributed by atoms with Gasteiger partial charge in [0.1, 0.15) is 17.1 Å². The SMILES string of the molecule is COc1ccc2c(c1)OC(C)(C)C/C2=C\c1cccs1. The van der Waals surface area contributed by atoms with Crippen LogP contribution in [-0.4, -0.2) is 12.7 Å². The molecule has 2 nitrogen and oxygen atoms in total. The van der Waals surface area contributed by atoms with Crippen LogP contribution in [0.15, 0.2) is 35.7 Å². The molecule has 0 fully saturated rings. The molecule has 2 aromatic rings. The Hall–Kier alpha value is -1.74. The molecule has 1 aliphatic rings. The molecule has 1 aromatic heterocycles. The maximum absolute atomic E-state index is 6.09. The fourth-order valence-electron chi connectivity index (χ4n) is 2.54. The van der Waals surface area contributed by atoms with E-state index in [-0.39, 0.29) is 5.60 Å². The fraction of sp³-hybridized carbons (Fsp3) is 0.294. The molecule has 0 aliphatic carbocycles. The minimum atomic E-state index is -0.192. The standard InChI is InChI=1S/C17H18O2S/c1-17(2)11-12(9-14-5-4-8-20-14)15-7-6-13(18-3)10-16(15)19-17/h4-10H,11H2,1-3H3/b12-9+. The van der Waals surface area contributed by atoms with Gasteiger partial charge in [0, 0.05) is 22.9 Å². The van der Waals surface area contributed by atoms with Gasteiger partial charge in [0.15, 0.2) is 0 Å². The Balaban J connectivity index is 2.09. The highest BCUT2D eigenvalue weighted by Gasteiger charge is 2.30. The number of thiophene rings is 1. The Kier molecular flexibility index (Phi) is 3.30. The monoisotopic (exact) mass is 286 g/mol. The number of hydrogen-bond donors (Lipinski definition) is 0. The fourth-order valence-corrected chi connectivity index (χ4v) is 3.22. The first-order valence-corrected chi connectivity index (χ1v) is 7.57. The first-order valence-electron chi connectivity index (χ1n) is 6.69. The van der Waals surface area contributed by atoms with Crippen molar-refractivity contribution >= 4 is 23.0 Å². The average Bonchev–Trinajstić information content (AvgIpc) is 2.89. The van der Waals surface area contributed by atoms with Crippen molar-refractivity contribution in [3.8, 4) is 11.5 Å². The molecule has 0 saturated heterocycles. The zero-order chi connectivity index (χ0) is 14.2. The highest BCUT2D eigenvalue weighted by Crippen LogP contribution is 2.42. The first kappa shape index (κ1) is 13.3. The lowest BCUT2D eigenvalue weighted by Gasteiger charge is -2.34. The van der Waals surface area contributed by atoms with Crippen molar-refractivity contribution in [2.75, 3.05) is 7.11 Å². The van der Waals surface area contributed by atoms with Gasteiger partial charge in [-0.2, -0.15) is 0 Å². The van der Waals surface area contributed by atoms with Gasteiger partial charge in [0.25, 0.3) is 0 Å². The molecule has 0 saturated carbocycles. The van der Waals surface area contributed by atoms with Gasteiger partial charge in [-0.25, -0.2) is 0 Å². The van der Waals surface area contributed by atoms with Gasteiger partial charge in [0.2, 0.25) is 0 Å². The maximum Gasteiger partial charge on any atom is 0.131 e. The summed E-state index contributed by atoms with van der Waals surface area (Å²) in [7, 11) is 1.68.